The van der Waals surface area contributed by atoms with E-state index >= 15 is 0 Å². The van der Waals surface area contributed by atoms with Crippen LogP contribution in [0.4, 0.5) is 5.69 Å². The molecule has 0 bridgehead atoms. The Morgan fingerprint density at radius 1 is 0.950 bits per heavy atom. The Labute approximate surface area is 230 Å². The van der Waals surface area contributed by atoms with Crippen molar-refractivity contribution < 1.29 is 9.59 Å². The Balaban J connectivity index is 1.15. The van der Waals surface area contributed by atoms with E-state index in [2.05, 4.69) is 55.3 Å². The number of hydrogen-bond acceptors (Lipinski definition) is 7. The van der Waals surface area contributed by atoms with E-state index in [1.165, 1.54) is 22.1 Å². The van der Waals surface area contributed by atoms with E-state index in [0.29, 0.717) is 22.5 Å². The summed E-state index contributed by atoms with van der Waals surface area (Å²) >= 11 is 0. The van der Waals surface area contributed by atoms with Gasteiger partial charge in [0.05, 0.1) is 16.9 Å². The minimum atomic E-state index is -0.275. The molecule has 0 saturated heterocycles. The van der Waals surface area contributed by atoms with Gasteiger partial charge in [0.1, 0.15) is 6.33 Å². The molecular weight excluding hydrogens is 506 g/mol. The van der Waals surface area contributed by atoms with Crippen LogP contribution in [0.15, 0.2) is 85.5 Å². The highest BCUT2D eigenvalue weighted by Gasteiger charge is 2.17. The number of benzene rings is 3. The molecule has 6 rings (SSSR count). The van der Waals surface area contributed by atoms with Gasteiger partial charge in [0, 0.05) is 43.3 Å². The number of rotatable bonds is 7. The minimum Gasteiger partial charge on any atom is -0.348 e. The third-order valence-electron chi connectivity index (χ3n) is 6.90. The largest absolute Gasteiger partial charge is 0.348 e. The molecule has 2 N–H and O–H groups in total. The van der Waals surface area contributed by atoms with Gasteiger partial charge in [-0.1, -0.05) is 18.2 Å². The van der Waals surface area contributed by atoms with E-state index in [9.17, 15) is 9.59 Å². The number of tetrazole rings is 1. The van der Waals surface area contributed by atoms with Crippen molar-refractivity contribution in [3.05, 3.63) is 113 Å². The Morgan fingerprint density at radius 3 is 2.70 bits per heavy atom. The van der Waals surface area contributed by atoms with E-state index in [-0.39, 0.29) is 18.4 Å². The van der Waals surface area contributed by atoms with Gasteiger partial charge >= 0.3 is 0 Å². The first-order valence-electron chi connectivity index (χ1n) is 12.9. The maximum absolute atomic E-state index is 13.3. The molecule has 0 fully saturated rings. The number of fused-ring (bicyclic) bond motifs is 1. The molecule has 2 aromatic heterocycles. The number of nitrogens with zero attached hydrogens (tertiary/aromatic N) is 7. The normalized spacial score (nSPS) is 13.0. The number of likely N-dealkylation sites (N-methyl/N-ethyl adjacent to an activating group) is 1. The lowest BCUT2D eigenvalue weighted by molar-refractivity contribution is 0.0950. The van der Waals surface area contributed by atoms with Crippen LogP contribution in [-0.2, 0) is 19.5 Å². The van der Waals surface area contributed by atoms with Gasteiger partial charge < -0.3 is 15.5 Å². The van der Waals surface area contributed by atoms with Gasteiger partial charge in [0.25, 0.3) is 11.8 Å². The maximum atomic E-state index is 13.3. The van der Waals surface area contributed by atoms with E-state index in [1.807, 2.05) is 18.2 Å². The summed E-state index contributed by atoms with van der Waals surface area (Å²) in [6.45, 7) is 2.16. The lowest BCUT2D eigenvalue weighted by atomic mass is 9.99. The molecule has 0 aliphatic carbocycles. The van der Waals surface area contributed by atoms with Crippen molar-refractivity contribution in [1.82, 2.24) is 40.2 Å². The molecule has 0 spiro atoms. The summed E-state index contributed by atoms with van der Waals surface area (Å²) in [5.41, 5.74) is 6.37. The molecule has 0 radical (unpaired) electrons. The average molecular weight is 534 g/mol. The number of nitrogens with one attached hydrogen (secondary N) is 2. The fourth-order valence-electron chi connectivity index (χ4n) is 4.81. The third kappa shape index (κ3) is 5.36. The van der Waals surface area contributed by atoms with Crippen molar-refractivity contribution in [2.75, 3.05) is 18.9 Å². The number of carbonyl (C=O) groups is 2. The molecule has 0 atom stereocenters. The summed E-state index contributed by atoms with van der Waals surface area (Å²) in [6.07, 6.45) is 5.90. The van der Waals surface area contributed by atoms with Gasteiger partial charge in [-0.2, -0.15) is 5.10 Å². The molecule has 1 aliphatic heterocycles. The summed E-state index contributed by atoms with van der Waals surface area (Å²) < 4.78 is 3.13. The molecule has 11 nitrogen and oxygen atoms in total. The Kier molecular flexibility index (Phi) is 6.86. The second-order valence-corrected chi connectivity index (χ2v) is 9.71. The number of carbonyl (C=O) groups excluding carboxylic acids is 2. The van der Waals surface area contributed by atoms with E-state index < -0.39 is 0 Å². The molecular formula is C29H27N9O2. The van der Waals surface area contributed by atoms with E-state index in [1.54, 1.807) is 53.5 Å². The fourth-order valence-corrected chi connectivity index (χ4v) is 4.81. The van der Waals surface area contributed by atoms with Crippen molar-refractivity contribution in [3.63, 3.8) is 0 Å². The fraction of sp³-hybridized carbons (Fsp3) is 0.172. The molecule has 0 unspecified atom stereocenters. The van der Waals surface area contributed by atoms with Crippen molar-refractivity contribution in [2.45, 2.75) is 19.5 Å². The standard InChI is InChI=1S/C29H27N9O2/c1-36-13-10-21-6-7-24(15-23(21)18-36)33-28(39)22-5-2-4-20(14-22)17-30-29(40)26-9-8-25(38-19-31-34-35-38)16-27(26)37-12-3-11-32-37/h2-9,11-12,14-16,19H,10,13,17-18H2,1H3,(H,30,40)(H,33,39). The van der Waals surface area contributed by atoms with Gasteiger partial charge in [0.15, 0.2) is 0 Å². The smallest absolute Gasteiger partial charge is 0.255 e. The lowest BCUT2D eigenvalue weighted by Crippen LogP contribution is -2.26. The zero-order valence-electron chi connectivity index (χ0n) is 21.9. The molecule has 40 heavy (non-hydrogen) atoms. The third-order valence-corrected chi connectivity index (χ3v) is 6.90. The van der Waals surface area contributed by atoms with Crippen LogP contribution in [0.5, 0.6) is 0 Å². The van der Waals surface area contributed by atoms with Crippen LogP contribution in [0.25, 0.3) is 11.4 Å². The average Bonchev–Trinajstić information content (AvgIpc) is 3.71. The molecule has 0 saturated carbocycles. The van der Waals surface area contributed by atoms with Crippen LogP contribution in [0.1, 0.15) is 37.4 Å². The summed E-state index contributed by atoms with van der Waals surface area (Å²) in [6, 6.07) is 20.4. The second kappa shape index (κ2) is 10.9. The Bertz CT molecular complexity index is 1660. The molecule has 3 heterocycles. The zero-order chi connectivity index (χ0) is 27.5. The molecule has 5 aromatic rings. The monoisotopic (exact) mass is 533 g/mol. The van der Waals surface area contributed by atoms with Crippen molar-refractivity contribution >= 4 is 17.5 Å². The topological polar surface area (TPSA) is 123 Å². The quantitative estimate of drug-likeness (QED) is 0.330. The lowest BCUT2D eigenvalue weighted by Gasteiger charge is -2.25. The predicted molar refractivity (Wildman–Crippen MR) is 148 cm³/mol. The molecule has 2 amide bonds. The zero-order valence-corrected chi connectivity index (χ0v) is 21.9. The SMILES string of the molecule is CN1CCc2ccc(NC(=O)c3cccc(CNC(=O)c4ccc(-n5cnnn5)cc4-n4cccn4)c3)cc2C1. The summed E-state index contributed by atoms with van der Waals surface area (Å²) in [4.78, 5) is 28.5. The molecule has 11 heteroatoms. The number of hydrogen-bond donors (Lipinski definition) is 2. The summed E-state index contributed by atoms with van der Waals surface area (Å²) in [5.74, 6) is -0.473. The van der Waals surface area contributed by atoms with E-state index in [4.69, 9.17) is 0 Å². The number of anilines is 1. The summed E-state index contributed by atoms with van der Waals surface area (Å²) in [7, 11) is 2.10. The molecule has 1 aliphatic rings. The van der Waals surface area contributed by atoms with Crippen LogP contribution < -0.4 is 10.6 Å². The predicted octanol–water partition coefficient (Wildman–Crippen LogP) is 3.02. The highest BCUT2D eigenvalue weighted by molar-refractivity contribution is 6.04. The first-order valence-corrected chi connectivity index (χ1v) is 12.9. The van der Waals surface area contributed by atoms with Crippen LogP contribution >= 0.6 is 0 Å². The van der Waals surface area contributed by atoms with Crippen LogP contribution in [-0.4, -0.2) is 60.3 Å². The number of amides is 2. The van der Waals surface area contributed by atoms with Crippen LogP contribution in [0.3, 0.4) is 0 Å². The highest BCUT2D eigenvalue weighted by atomic mass is 16.2. The first-order chi connectivity index (χ1) is 19.5. The minimum absolute atomic E-state index is 0.198. The second-order valence-electron chi connectivity index (χ2n) is 9.71. The molecule has 3 aromatic carbocycles. The van der Waals surface area contributed by atoms with Gasteiger partial charge in [-0.15, -0.1) is 5.10 Å². The highest BCUT2D eigenvalue weighted by Crippen LogP contribution is 2.23. The maximum Gasteiger partial charge on any atom is 0.255 e. The van der Waals surface area contributed by atoms with Crippen molar-refractivity contribution in [3.8, 4) is 11.4 Å². The Morgan fingerprint density at radius 2 is 1.88 bits per heavy atom. The van der Waals surface area contributed by atoms with Gasteiger partial charge in [-0.25, -0.2) is 9.36 Å². The molecule has 200 valence electrons. The van der Waals surface area contributed by atoms with Gasteiger partial charge in [-0.3, -0.25) is 9.59 Å². The van der Waals surface area contributed by atoms with Crippen LogP contribution in [0.2, 0.25) is 0 Å². The number of aromatic nitrogens is 6. The first kappa shape index (κ1) is 25.1. The van der Waals surface area contributed by atoms with Crippen molar-refractivity contribution in [1.29, 1.82) is 0 Å². The summed E-state index contributed by atoms with van der Waals surface area (Å²) in [5, 5.41) is 21.5. The van der Waals surface area contributed by atoms with Crippen LogP contribution in [0, 0.1) is 0 Å². The van der Waals surface area contributed by atoms with Gasteiger partial charge in [0.2, 0.25) is 0 Å². The van der Waals surface area contributed by atoms with Gasteiger partial charge in [-0.05, 0) is 89.1 Å². The van der Waals surface area contributed by atoms with Crippen molar-refractivity contribution in [2.24, 2.45) is 0 Å². The Hall–Kier alpha value is -5.16. The van der Waals surface area contributed by atoms with E-state index in [0.717, 1.165) is 30.8 Å².